The first-order chi connectivity index (χ1) is 15.5. The average Bonchev–Trinajstić information content (AvgIpc) is 3.49. The summed E-state index contributed by atoms with van der Waals surface area (Å²) in [4.78, 5) is 19.6. The van der Waals surface area contributed by atoms with Crippen molar-refractivity contribution in [3.63, 3.8) is 0 Å². The van der Waals surface area contributed by atoms with Crippen LogP contribution in [0, 0.1) is 17.8 Å². The lowest BCUT2D eigenvalue weighted by Gasteiger charge is -2.35. The third kappa shape index (κ3) is 7.40. The summed E-state index contributed by atoms with van der Waals surface area (Å²) >= 11 is 0. The Balaban J connectivity index is 0.000000799. The Kier molecular flexibility index (Phi) is 6.96. The maximum atomic E-state index is 12.8. The van der Waals surface area contributed by atoms with Crippen LogP contribution in [0.1, 0.15) is 69.2 Å². The molecule has 5 rings (SSSR count). The molecule has 0 unspecified atom stereocenters. The van der Waals surface area contributed by atoms with E-state index in [1.165, 1.54) is 19.3 Å². The van der Waals surface area contributed by atoms with Crippen molar-refractivity contribution in [2.24, 2.45) is 17.8 Å². The number of hydrogen-bond acceptors (Lipinski definition) is 2. The topological polar surface area (TPSA) is 57.8 Å². The number of carbonyl (C=O) groups is 1. The van der Waals surface area contributed by atoms with Crippen molar-refractivity contribution in [3.05, 3.63) is 29.6 Å². The molecule has 1 aromatic carbocycles. The minimum absolute atomic E-state index is 0.114. The number of amides is 1. The van der Waals surface area contributed by atoms with E-state index in [4.69, 9.17) is 0 Å². The van der Waals surface area contributed by atoms with Gasteiger partial charge in [-0.05, 0) is 48.3 Å². The SMILES string of the molecule is C1CC1.O=C(CC1CC(F)(F)C1)NCc1ccc2nc(CC3CC(CC(F)(F)F)C3)[nH]c2c1. The molecule has 182 valence electrons. The smallest absolute Gasteiger partial charge is 0.352 e. The highest BCUT2D eigenvalue weighted by Gasteiger charge is 2.45. The van der Waals surface area contributed by atoms with Gasteiger partial charge in [0.15, 0.2) is 0 Å². The molecule has 3 aliphatic rings. The summed E-state index contributed by atoms with van der Waals surface area (Å²) in [5.74, 6) is -2.41. The van der Waals surface area contributed by atoms with E-state index in [1.54, 1.807) is 0 Å². The number of hydrogen-bond donors (Lipinski definition) is 2. The largest absolute Gasteiger partial charge is 0.389 e. The van der Waals surface area contributed by atoms with Gasteiger partial charge in [-0.1, -0.05) is 25.3 Å². The highest BCUT2D eigenvalue weighted by atomic mass is 19.4. The summed E-state index contributed by atoms with van der Waals surface area (Å²) in [5, 5.41) is 2.76. The van der Waals surface area contributed by atoms with Gasteiger partial charge in [0.05, 0.1) is 11.0 Å². The molecule has 2 aromatic rings. The molecule has 0 radical (unpaired) electrons. The van der Waals surface area contributed by atoms with E-state index >= 15 is 0 Å². The second-order valence-electron chi connectivity index (χ2n) is 9.93. The minimum Gasteiger partial charge on any atom is -0.352 e. The average molecular weight is 472 g/mol. The Morgan fingerprint density at radius 3 is 2.39 bits per heavy atom. The van der Waals surface area contributed by atoms with Crippen LogP contribution in [0.2, 0.25) is 0 Å². The van der Waals surface area contributed by atoms with Gasteiger partial charge in [-0.25, -0.2) is 13.8 Å². The predicted octanol–water partition coefficient (Wildman–Crippen LogP) is 6.31. The Bertz CT molecular complexity index is 952. The third-order valence-corrected chi connectivity index (χ3v) is 6.42. The number of aromatic amines is 1. The molecule has 9 heteroatoms. The van der Waals surface area contributed by atoms with Gasteiger partial charge in [-0.15, -0.1) is 0 Å². The molecule has 0 bridgehead atoms. The lowest BCUT2D eigenvalue weighted by molar-refractivity contribution is -0.153. The van der Waals surface area contributed by atoms with Crippen LogP contribution in [-0.2, 0) is 17.8 Å². The van der Waals surface area contributed by atoms with Crippen LogP contribution in [0.4, 0.5) is 22.0 Å². The Morgan fingerprint density at radius 2 is 1.79 bits per heavy atom. The molecular weight excluding hydrogens is 441 g/mol. The van der Waals surface area contributed by atoms with Gasteiger partial charge in [0.1, 0.15) is 5.82 Å². The first-order valence-electron chi connectivity index (χ1n) is 11.7. The van der Waals surface area contributed by atoms with Crippen LogP contribution in [0.25, 0.3) is 11.0 Å². The molecule has 3 aliphatic carbocycles. The van der Waals surface area contributed by atoms with Crippen molar-refractivity contribution in [1.29, 1.82) is 0 Å². The summed E-state index contributed by atoms with van der Waals surface area (Å²) in [7, 11) is 0. The fraction of sp³-hybridized carbons (Fsp3) is 0.667. The maximum Gasteiger partial charge on any atom is 0.389 e. The number of nitrogens with zero attached hydrogens (tertiary/aromatic N) is 1. The fourth-order valence-corrected chi connectivity index (χ4v) is 4.59. The quantitative estimate of drug-likeness (QED) is 0.465. The van der Waals surface area contributed by atoms with E-state index in [0.717, 1.165) is 22.4 Å². The number of imidazole rings is 1. The molecule has 0 aliphatic heterocycles. The maximum absolute atomic E-state index is 12.8. The standard InChI is InChI=1S/C21H24F5N3O.C3H6/c22-20(23)8-15(9-20)7-19(30)27-11-12-1-2-16-17(5-12)29-18(28-16)6-13-3-14(4-13)10-21(24,25)26;1-2-3-1/h1-2,5,13-15H,3-4,6-11H2,(H,27,30)(H,28,29);1-3H2. The van der Waals surface area contributed by atoms with Gasteiger partial charge in [-0.3, -0.25) is 4.79 Å². The number of fused-ring (bicyclic) bond motifs is 1. The number of halogens is 5. The number of alkyl halides is 5. The number of aromatic nitrogens is 2. The van der Waals surface area contributed by atoms with E-state index in [2.05, 4.69) is 15.3 Å². The van der Waals surface area contributed by atoms with Crippen LogP contribution in [0.3, 0.4) is 0 Å². The molecule has 0 atom stereocenters. The lowest BCUT2D eigenvalue weighted by Crippen LogP contribution is -2.38. The Morgan fingerprint density at radius 1 is 1.09 bits per heavy atom. The second kappa shape index (κ2) is 9.58. The van der Waals surface area contributed by atoms with E-state index in [9.17, 15) is 26.7 Å². The summed E-state index contributed by atoms with van der Waals surface area (Å²) in [6.07, 6.45) is 1.14. The van der Waals surface area contributed by atoms with Crippen molar-refractivity contribution in [3.8, 4) is 0 Å². The number of nitrogens with one attached hydrogen (secondary N) is 2. The van der Waals surface area contributed by atoms with Gasteiger partial charge in [0.25, 0.3) is 0 Å². The van der Waals surface area contributed by atoms with Crippen molar-refractivity contribution in [2.75, 3.05) is 0 Å². The molecule has 0 saturated heterocycles. The number of carbonyl (C=O) groups excluding carboxylic acids is 1. The van der Waals surface area contributed by atoms with E-state index in [-0.39, 0.29) is 42.9 Å². The molecular formula is C24H30F5N3O. The highest BCUT2D eigenvalue weighted by Crippen LogP contribution is 2.44. The van der Waals surface area contributed by atoms with Crippen LogP contribution >= 0.6 is 0 Å². The number of H-pyrrole nitrogens is 1. The molecule has 1 heterocycles. The number of rotatable bonds is 7. The Hall–Kier alpha value is -2.19. The fourth-order valence-electron chi connectivity index (χ4n) is 4.59. The first kappa shape index (κ1) is 24.0. The molecule has 1 amide bonds. The normalized spacial score (nSPS) is 23.8. The van der Waals surface area contributed by atoms with Crippen LogP contribution < -0.4 is 5.32 Å². The van der Waals surface area contributed by atoms with Crippen molar-refractivity contribution >= 4 is 16.9 Å². The first-order valence-corrected chi connectivity index (χ1v) is 11.7. The monoisotopic (exact) mass is 471 g/mol. The number of benzene rings is 1. The summed E-state index contributed by atoms with van der Waals surface area (Å²) in [6.45, 7) is 0.300. The second-order valence-corrected chi connectivity index (χ2v) is 9.93. The molecule has 33 heavy (non-hydrogen) atoms. The zero-order valence-electron chi connectivity index (χ0n) is 18.5. The molecule has 0 spiro atoms. The predicted molar refractivity (Wildman–Crippen MR) is 115 cm³/mol. The van der Waals surface area contributed by atoms with Gasteiger partial charge in [-0.2, -0.15) is 13.2 Å². The molecule has 3 fully saturated rings. The summed E-state index contributed by atoms with van der Waals surface area (Å²) in [6, 6.07) is 5.54. The van der Waals surface area contributed by atoms with Crippen molar-refractivity contribution in [1.82, 2.24) is 15.3 Å². The van der Waals surface area contributed by atoms with Gasteiger partial charge >= 0.3 is 6.18 Å². The van der Waals surface area contributed by atoms with Crippen LogP contribution in [0.5, 0.6) is 0 Å². The Labute approximate surface area is 189 Å². The van der Waals surface area contributed by atoms with Crippen LogP contribution in [-0.4, -0.2) is 28.0 Å². The van der Waals surface area contributed by atoms with E-state index in [1.807, 2.05) is 18.2 Å². The molecule has 1 aromatic heterocycles. The molecule has 4 nitrogen and oxygen atoms in total. The third-order valence-electron chi connectivity index (χ3n) is 6.42. The highest BCUT2D eigenvalue weighted by molar-refractivity contribution is 5.78. The van der Waals surface area contributed by atoms with Gasteiger partial charge < -0.3 is 10.3 Å². The van der Waals surface area contributed by atoms with Crippen molar-refractivity contribution in [2.45, 2.75) is 82.9 Å². The molecule has 3 saturated carbocycles. The van der Waals surface area contributed by atoms with Gasteiger partial charge in [0.2, 0.25) is 11.8 Å². The molecule has 2 N–H and O–H groups in total. The zero-order chi connectivity index (χ0) is 23.6. The minimum atomic E-state index is -4.09. The summed E-state index contributed by atoms with van der Waals surface area (Å²) in [5.41, 5.74) is 2.43. The van der Waals surface area contributed by atoms with Gasteiger partial charge in [0, 0.05) is 38.6 Å². The van der Waals surface area contributed by atoms with E-state index in [0.29, 0.717) is 25.8 Å². The zero-order valence-corrected chi connectivity index (χ0v) is 18.5. The lowest BCUT2D eigenvalue weighted by atomic mass is 9.71. The van der Waals surface area contributed by atoms with Crippen LogP contribution in [0.15, 0.2) is 18.2 Å². The van der Waals surface area contributed by atoms with E-state index < -0.39 is 18.5 Å². The van der Waals surface area contributed by atoms with Crippen molar-refractivity contribution < 1.29 is 26.7 Å². The summed E-state index contributed by atoms with van der Waals surface area (Å²) < 4.78 is 62.9.